The average Bonchev–Trinajstić information content (AvgIpc) is 2.96. The Morgan fingerprint density at radius 2 is 2.09 bits per heavy atom. The lowest BCUT2D eigenvalue weighted by molar-refractivity contribution is 0.403. The lowest BCUT2D eigenvalue weighted by Crippen LogP contribution is -2.14. The molecule has 0 spiro atoms. The van der Waals surface area contributed by atoms with Gasteiger partial charge in [-0.15, -0.1) is 0 Å². The van der Waals surface area contributed by atoms with Crippen LogP contribution < -0.4 is 9.46 Å². The fraction of sp³-hybridized carbons (Fsp3) is 0.0714. The fourth-order valence-electron chi connectivity index (χ4n) is 2.09. The molecule has 0 aliphatic rings. The summed E-state index contributed by atoms with van der Waals surface area (Å²) in [6, 6.07) is 7.77. The summed E-state index contributed by atoms with van der Waals surface area (Å²) in [5.74, 6) is 0.215. The Morgan fingerprint density at radius 1 is 1.27 bits per heavy atom. The van der Waals surface area contributed by atoms with Gasteiger partial charge in [0.25, 0.3) is 10.0 Å². The van der Waals surface area contributed by atoms with Crippen molar-refractivity contribution in [1.29, 1.82) is 0 Å². The first-order chi connectivity index (χ1) is 10.5. The van der Waals surface area contributed by atoms with Gasteiger partial charge in [0.05, 0.1) is 12.8 Å². The van der Waals surface area contributed by atoms with Crippen LogP contribution in [0, 0.1) is 0 Å². The van der Waals surface area contributed by atoms with Crippen molar-refractivity contribution in [3.63, 3.8) is 0 Å². The zero-order chi connectivity index (χ0) is 15.7. The monoisotopic (exact) mass is 337 g/mol. The molecule has 0 saturated carbocycles. The van der Waals surface area contributed by atoms with E-state index in [1.807, 2.05) is 0 Å². The minimum absolute atomic E-state index is 0.0314. The van der Waals surface area contributed by atoms with Gasteiger partial charge in [-0.05, 0) is 30.3 Å². The predicted octanol–water partition coefficient (Wildman–Crippen LogP) is 2.80. The Balaban J connectivity index is 2.08. The summed E-state index contributed by atoms with van der Waals surface area (Å²) in [7, 11) is -2.46. The smallest absolute Gasteiger partial charge is 0.265 e. The van der Waals surface area contributed by atoms with Gasteiger partial charge in [0.2, 0.25) is 0 Å². The third kappa shape index (κ3) is 2.60. The second-order valence-electron chi connectivity index (χ2n) is 4.48. The first-order valence-corrected chi connectivity index (χ1v) is 8.15. The molecular weight excluding hydrogens is 326 g/mol. The second-order valence-corrected chi connectivity index (χ2v) is 6.57. The fourth-order valence-corrected chi connectivity index (χ4v) is 3.58. The van der Waals surface area contributed by atoms with Crippen LogP contribution in [0.3, 0.4) is 0 Å². The summed E-state index contributed by atoms with van der Waals surface area (Å²) in [5.41, 5.74) is 0.876. The molecule has 114 valence electrons. The van der Waals surface area contributed by atoms with Crippen molar-refractivity contribution in [3.8, 4) is 5.75 Å². The summed E-state index contributed by atoms with van der Waals surface area (Å²) >= 11 is 5.90. The van der Waals surface area contributed by atoms with Crippen LogP contribution in [0.2, 0.25) is 5.02 Å². The molecule has 3 aromatic rings. The van der Waals surface area contributed by atoms with Gasteiger partial charge in [-0.1, -0.05) is 11.6 Å². The maximum Gasteiger partial charge on any atom is 0.265 e. The van der Waals surface area contributed by atoms with Gasteiger partial charge < -0.3 is 9.14 Å². The number of rotatable bonds is 4. The van der Waals surface area contributed by atoms with Crippen molar-refractivity contribution in [3.05, 3.63) is 53.9 Å². The third-order valence-corrected chi connectivity index (χ3v) is 4.70. The second kappa shape index (κ2) is 5.51. The van der Waals surface area contributed by atoms with Crippen molar-refractivity contribution in [2.45, 2.75) is 4.90 Å². The predicted molar refractivity (Wildman–Crippen MR) is 84.0 cm³/mol. The number of methoxy groups -OCH3 is 1. The van der Waals surface area contributed by atoms with E-state index in [1.54, 1.807) is 41.2 Å². The first-order valence-electron chi connectivity index (χ1n) is 6.29. The number of pyridine rings is 1. The number of hydrogen-bond acceptors (Lipinski definition) is 4. The van der Waals surface area contributed by atoms with E-state index >= 15 is 0 Å². The van der Waals surface area contributed by atoms with E-state index in [0.717, 1.165) is 0 Å². The number of nitrogens with zero attached hydrogens (tertiary/aromatic N) is 2. The largest absolute Gasteiger partial charge is 0.495 e. The third-order valence-electron chi connectivity index (χ3n) is 3.08. The van der Waals surface area contributed by atoms with Crippen molar-refractivity contribution >= 4 is 33.0 Å². The SMILES string of the molecule is COc1ccc(Cl)cc1S(=O)(=O)Nc1cccn2ccnc12. The van der Waals surface area contributed by atoms with Gasteiger partial charge in [-0.25, -0.2) is 13.4 Å². The van der Waals surface area contributed by atoms with Crippen LogP contribution in [0.25, 0.3) is 5.65 Å². The number of benzene rings is 1. The average molecular weight is 338 g/mol. The standard InChI is InChI=1S/C14H12ClN3O3S/c1-21-12-5-4-10(15)9-13(12)22(19,20)17-11-3-2-7-18-8-6-16-14(11)18/h2-9,17H,1H3. The normalized spacial score (nSPS) is 11.5. The molecule has 3 rings (SSSR count). The molecule has 2 aromatic heterocycles. The lowest BCUT2D eigenvalue weighted by Gasteiger charge is -2.12. The van der Waals surface area contributed by atoms with Crippen molar-refractivity contribution < 1.29 is 13.2 Å². The molecule has 0 fully saturated rings. The van der Waals surface area contributed by atoms with E-state index in [9.17, 15) is 8.42 Å². The highest BCUT2D eigenvalue weighted by Crippen LogP contribution is 2.29. The van der Waals surface area contributed by atoms with Crippen LogP contribution in [0.5, 0.6) is 5.75 Å². The molecule has 1 aromatic carbocycles. The topological polar surface area (TPSA) is 72.7 Å². The number of sulfonamides is 1. The Morgan fingerprint density at radius 3 is 2.86 bits per heavy atom. The number of aromatic nitrogens is 2. The highest BCUT2D eigenvalue weighted by Gasteiger charge is 2.21. The molecule has 0 amide bonds. The maximum atomic E-state index is 12.6. The van der Waals surface area contributed by atoms with E-state index in [1.165, 1.54) is 19.2 Å². The summed E-state index contributed by atoms with van der Waals surface area (Å²) in [6.07, 6.45) is 5.10. The van der Waals surface area contributed by atoms with Crippen LogP contribution in [-0.2, 0) is 10.0 Å². The Kier molecular flexibility index (Phi) is 3.67. The van der Waals surface area contributed by atoms with Gasteiger partial charge in [-0.2, -0.15) is 0 Å². The highest BCUT2D eigenvalue weighted by molar-refractivity contribution is 7.92. The van der Waals surface area contributed by atoms with Crippen LogP contribution >= 0.6 is 11.6 Å². The molecular formula is C14H12ClN3O3S. The summed E-state index contributed by atoms with van der Waals surface area (Å²) in [6.45, 7) is 0. The van der Waals surface area contributed by atoms with Crippen LogP contribution in [0.4, 0.5) is 5.69 Å². The van der Waals surface area contributed by atoms with E-state index < -0.39 is 10.0 Å². The Bertz CT molecular complexity index is 937. The number of nitrogens with one attached hydrogen (secondary N) is 1. The van der Waals surface area contributed by atoms with E-state index in [-0.39, 0.29) is 10.6 Å². The van der Waals surface area contributed by atoms with Crippen molar-refractivity contribution in [2.24, 2.45) is 0 Å². The lowest BCUT2D eigenvalue weighted by atomic mass is 10.3. The molecule has 0 aliphatic heterocycles. The number of imidazole rings is 1. The summed E-state index contributed by atoms with van der Waals surface area (Å²) < 4.78 is 34.6. The van der Waals surface area contributed by atoms with Crippen LogP contribution in [0.1, 0.15) is 0 Å². The molecule has 0 aliphatic carbocycles. The van der Waals surface area contributed by atoms with E-state index in [0.29, 0.717) is 16.4 Å². The minimum Gasteiger partial charge on any atom is -0.495 e. The molecule has 8 heteroatoms. The number of fused-ring (bicyclic) bond motifs is 1. The molecule has 0 bridgehead atoms. The molecule has 1 N–H and O–H groups in total. The van der Waals surface area contributed by atoms with E-state index in [2.05, 4.69) is 9.71 Å². The van der Waals surface area contributed by atoms with Gasteiger partial charge in [-0.3, -0.25) is 4.72 Å². The van der Waals surface area contributed by atoms with Crippen LogP contribution in [0.15, 0.2) is 53.8 Å². The van der Waals surface area contributed by atoms with Gasteiger partial charge in [0, 0.05) is 23.6 Å². The first kappa shape index (κ1) is 14.7. The molecule has 0 radical (unpaired) electrons. The van der Waals surface area contributed by atoms with E-state index in [4.69, 9.17) is 16.3 Å². The molecule has 0 unspecified atom stereocenters. The number of ether oxygens (including phenoxy) is 1. The molecule has 6 nitrogen and oxygen atoms in total. The maximum absolute atomic E-state index is 12.6. The summed E-state index contributed by atoms with van der Waals surface area (Å²) in [4.78, 5) is 4.10. The Labute approximate surface area is 132 Å². The zero-order valence-corrected chi connectivity index (χ0v) is 13.1. The molecule has 0 atom stereocenters. The molecule has 22 heavy (non-hydrogen) atoms. The van der Waals surface area contributed by atoms with Gasteiger partial charge in [0.1, 0.15) is 10.6 Å². The molecule has 0 saturated heterocycles. The van der Waals surface area contributed by atoms with Crippen molar-refractivity contribution in [2.75, 3.05) is 11.8 Å². The number of hydrogen-bond donors (Lipinski definition) is 1. The van der Waals surface area contributed by atoms with Gasteiger partial charge in [0.15, 0.2) is 5.65 Å². The van der Waals surface area contributed by atoms with Crippen molar-refractivity contribution in [1.82, 2.24) is 9.38 Å². The van der Waals surface area contributed by atoms with Crippen LogP contribution in [-0.4, -0.2) is 24.9 Å². The highest BCUT2D eigenvalue weighted by atomic mass is 35.5. The zero-order valence-electron chi connectivity index (χ0n) is 11.5. The number of anilines is 1. The molecule has 2 heterocycles. The Hall–Kier alpha value is -2.25. The number of halogens is 1. The minimum atomic E-state index is -3.86. The van der Waals surface area contributed by atoms with Gasteiger partial charge >= 0.3 is 0 Å². The summed E-state index contributed by atoms with van der Waals surface area (Å²) in [5, 5.41) is 0.306. The quantitative estimate of drug-likeness (QED) is 0.794.